The Balaban J connectivity index is 2.17. The minimum Gasteiger partial charge on any atom is -0.463 e. The second-order valence-corrected chi connectivity index (χ2v) is 3.83. The van der Waals surface area contributed by atoms with Gasteiger partial charge in [-0.25, -0.2) is 4.79 Å². The lowest BCUT2D eigenvalue weighted by molar-refractivity contribution is -0.137. The fourth-order valence-electron chi connectivity index (χ4n) is 1.62. The molecule has 2 N–H and O–H groups in total. The van der Waals surface area contributed by atoms with E-state index < -0.39 is 0 Å². The maximum atomic E-state index is 10.9. The number of aliphatic hydroxyl groups excluding tert-OH is 1. The summed E-state index contributed by atoms with van der Waals surface area (Å²) in [5.41, 5.74) is -0.0982. The van der Waals surface area contributed by atoms with Crippen molar-refractivity contribution < 1.29 is 14.6 Å². The van der Waals surface area contributed by atoms with E-state index in [0.29, 0.717) is 13.2 Å². The number of nitrogens with one attached hydrogen (secondary N) is 1. The second-order valence-electron chi connectivity index (χ2n) is 3.83. The third-order valence-electron chi connectivity index (χ3n) is 2.75. The quantitative estimate of drug-likeness (QED) is 0.501. The summed E-state index contributed by atoms with van der Waals surface area (Å²) in [5.74, 6) is -0.314. The molecule has 0 amide bonds. The molecule has 1 aliphatic carbocycles. The van der Waals surface area contributed by atoms with E-state index in [0.717, 1.165) is 19.3 Å². The topological polar surface area (TPSA) is 58.6 Å². The number of hydrogen-bond donors (Lipinski definition) is 2. The van der Waals surface area contributed by atoms with Crippen molar-refractivity contribution in [1.29, 1.82) is 0 Å². The van der Waals surface area contributed by atoms with Crippen LogP contribution in [0, 0.1) is 0 Å². The lowest BCUT2D eigenvalue weighted by Crippen LogP contribution is -2.53. The molecule has 1 saturated carbocycles. The smallest absolute Gasteiger partial charge is 0.330 e. The molecule has 15 heavy (non-hydrogen) atoms. The molecule has 1 aliphatic rings. The number of carbonyl (C=O) groups excluding carboxylic acids is 1. The van der Waals surface area contributed by atoms with Gasteiger partial charge in [0.2, 0.25) is 0 Å². The van der Waals surface area contributed by atoms with Gasteiger partial charge in [0.25, 0.3) is 0 Å². The van der Waals surface area contributed by atoms with E-state index in [9.17, 15) is 4.79 Å². The summed E-state index contributed by atoms with van der Waals surface area (Å²) >= 11 is 0. The number of hydrogen-bond acceptors (Lipinski definition) is 4. The van der Waals surface area contributed by atoms with Gasteiger partial charge in [-0.2, -0.15) is 0 Å². The summed E-state index contributed by atoms with van der Waals surface area (Å²) in [7, 11) is 0. The number of aliphatic hydroxyl groups is 1. The minimum absolute atomic E-state index is 0.0982. The van der Waals surface area contributed by atoms with Crippen LogP contribution in [-0.4, -0.2) is 36.4 Å². The predicted molar refractivity (Wildman–Crippen MR) is 57.4 cm³/mol. The Hall–Kier alpha value is -0.870. The van der Waals surface area contributed by atoms with E-state index in [1.165, 1.54) is 6.08 Å². The zero-order chi connectivity index (χ0) is 11.1. The molecular formula is C11H19NO3. The zero-order valence-corrected chi connectivity index (χ0v) is 9.16. The van der Waals surface area contributed by atoms with Gasteiger partial charge in [-0.1, -0.05) is 6.08 Å². The van der Waals surface area contributed by atoms with Gasteiger partial charge in [-0.3, -0.25) is 0 Å². The number of ether oxygens (including phenoxy) is 1. The Bertz CT molecular complexity index is 228. The first-order chi connectivity index (χ1) is 7.22. The molecule has 0 aliphatic heterocycles. The second kappa shape index (κ2) is 5.88. The molecule has 0 heterocycles. The summed E-state index contributed by atoms with van der Waals surface area (Å²) < 4.78 is 4.74. The van der Waals surface area contributed by atoms with Gasteiger partial charge in [0.05, 0.1) is 13.2 Å². The van der Waals surface area contributed by atoms with Crippen molar-refractivity contribution in [2.75, 3.05) is 19.8 Å². The molecule has 0 unspecified atom stereocenters. The van der Waals surface area contributed by atoms with E-state index in [1.807, 2.05) is 0 Å². The predicted octanol–water partition coefficient (Wildman–Crippen LogP) is 0.610. The van der Waals surface area contributed by atoms with Crippen LogP contribution in [0.4, 0.5) is 0 Å². The van der Waals surface area contributed by atoms with Crippen molar-refractivity contribution >= 4 is 5.97 Å². The van der Waals surface area contributed by atoms with Gasteiger partial charge in [-0.15, -0.1) is 0 Å². The first kappa shape index (κ1) is 12.2. The van der Waals surface area contributed by atoms with Crippen molar-refractivity contribution in [2.24, 2.45) is 0 Å². The summed E-state index contributed by atoms with van der Waals surface area (Å²) in [6.07, 6.45) is 6.33. The first-order valence-corrected chi connectivity index (χ1v) is 5.41. The van der Waals surface area contributed by atoms with Gasteiger partial charge in [0, 0.05) is 18.2 Å². The lowest BCUT2D eigenvalue weighted by atomic mass is 9.77. The number of esters is 1. The van der Waals surface area contributed by atoms with Crippen LogP contribution in [0.2, 0.25) is 0 Å². The molecule has 0 atom stereocenters. The minimum atomic E-state index is -0.314. The average molecular weight is 213 g/mol. The zero-order valence-electron chi connectivity index (χ0n) is 9.16. The molecule has 1 fully saturated rings. The largest absolute Gasteiger partial charge is 0.463 e. The van der Waals surface area contributed by atoms with Crippen molar-refractivity contribution in [2.45, 2.75) is 31.7 Å². The van der Waals surface area contributed by atoms with Crippen molar-refractivity contribution in [1.82, 2.24) is 5.32 Å². The Morgan fingerprint density at radius 2 is 2.33 bits per heavy atom. The van der Waals surface area contributed by atoms with Gasteiger partial charge < -0.3 is 15.2 Å². The van der Waals surface area contributed by atoms with E-state index in [1.54, 1.807) is 13.0 Å². The summed E-state index contributed by atoms with van der Waals surface area (Å²) in [4.78, 5) is 10.9. The monoisotopic (exact) mass is 213 g/mol. The molecule has 4 nitrogen and oxygen atoms in total. The fourth-order valence-corrected chi connectivity index (χ4v) is 1.62. The molecule has 0 aromatic carbocycles. The SMILES string of the molecule is CCOC(=O)/C=C/CNC1(CO)CCC1. The van der Waals surface area contributed by atoms with E-state index in [4.69, 9.17) is 9.84 Å². The van der Waals surface area contributed by atoms with Crippen LogP contribution in [0.1, 0.15) is 26.2 Å². The molecule has 0 aromatic rings. The Labute approximate surface area is 90.3 Å². The molecule has 0 radical (unpaired) electrons. The van der Waals surface area contributed by atoms with E-state index in [2.05, 4.69) is 5.32 Å². The maximum absolute atomic E-state index is 10.9. The highest BCUT2D eigenvalue weighted by Crippen LogP contribution is 2.30. The van der Waals surface area contributed by atoms with Gasteiger partial charge >= 0.3 is 5.97 Å². The highest BCUT2D eigenvalue weighted by Gasteiger charge is 2.34. The molecular weight excluding hydrogens is 194 g/mol. The van der Waals surface area contributed by atoms with Crippen LogP contribution in [-0.2, 0) is 9.53 Å². The number of rotatable bonds is 6. The normalized spacial score (nSPS) is 18.8. The van der Waals surface area contributed by atoms with Crippen LogP contribution < -0.4 is 5.32 Å². The highest BCUT2D eigenvalue weighted by molar-refractivity contribution is 5.81. The molecule has 86 valence electrons. The molecule has 4 heteroatoms. The molecule has 0 saturated heterocycles. The van der Waals surface area contributed by atoms with Gasteiger partial charge in [-0.05, 0) is 26.2 Å². The molecule has 0 spiro atoms. The van der Waals surface area contributed by atoms with Crippen molar-refractivity contribution in [3.05, 3.63) is 12.2 Å². The molecule has 0 bridgehead atoms. The van der Waals surface area contributed by atoms with Gasteiger partial charge in [0.1, 0.15) is 0 Å². The Morgan fingerprint density at radius 3 is 2.80 bits per heavy atom. The number of carbonyl (C=O) groups is 1. The van der Waals surface area contributed by atoms with E-state index in [-0.39, 0.29) is 18.1 Å². The fraction of sp³-hybridized carbons (Fsp3) is 0.727. The Morgan fingerprint density at radius 1 is 1.60 bits per heavy atom. The third-order valence-corrected chi connectivity index (χ3v) is 2.75. The summed E-state index contributed by atoms with van der Waals surface area (Å²) in [6.45, 7) is 2.94. The lowest BCUT2D eigenvalue weighted by Gasteiger charge is -2.41. The van der Waals surface area contributed by atoms with Crippen LogP contribution in [0.25, 0.3) is 0 Å². The summed E-state index contributed by atoms with van der Waals surface area (Å²) in [6, 6.07) is 0. The van der Waals surface area contributed by atoms with Gasteiger partial charge in [0.15, 0.2) is 0 Å². The van der Waals surface area contributed by atoms with Crippen LogP contribution in [0.15, 0.2) is 12.2 Å². The summed E-state index contributed by atoms with van der Waals surface area (Å²) in [5, 5.41) is 12.4. The van der Waals surface area contributed by atoms with Crippen molar-refractivity contribution in [3.8, 4) is 0 Å². The standard InChI is InChI=1S/C11H19NO3/c1-2-15-10(14)5-3-8-12-11(9-13)6-4-7-11/h3,5,12-13H,2,4,6-9H2,1H3/b5-3+. The molecule has 0 aromatic heterocycles. The Kier molecular flexibility index (Phi) is 4.78. The van der Waals surface area contributed by atoms with E-state index >= 15 is 0 Å². The van der Waals surface area contributed by atoms with Crippen LogP contribution in [0.3, 0.4) is 0 Å². The van der Waals surface area contributed by atoms with Crippen molar-refractivity contribution in [3.63, 3.8) is 0 Å². The maximum Gasteiger partial charge on any atom is 0.330 e. The third kappa shape index (κ3) is 3.64. The first-order valence-electron chi connectivity index (χ1n) is 5.41. The highest BCUT2D eigenvalue weighted by atomic mass is 16.5. The molecule has 1 rings (SSSR count). The van der Waals surface area contributed by atoms with Crippen LogP contribution in [0.5, 0.6) is 0 Å². The average Bonchev–Trinajstić information content (AvgIpc) is 2.16. The van der Waals surface area contributed by atoms with Crippen LogP contribution >= 0.6 is 0 Å².